The number of halogens is 1. The van der Waals surface area contributed by atoms with Crippen LogP contribution in [-0.2, 0) is 0 Å². The molecule has 1 aromatic heterocycles. The van der Waals surface area contributed by atoms with Gasteiger partial charge in [0.2, 0.25) is 0 Å². The van der Waals surface area contributed by atoms with Crippen molar-refractivity contribution in [3.63, 3.8) is 0 Å². The van der Waals surface area contributed by atoms with Gasteiger partial charge in [-0.05, 0) is 36.8 Å². The second kappa shape index (κ2) is 6.89. The van der Waals surface area contributed by atoms with E-state index in [2.05, 4.69) is 22.9 Å². The van der Waals surface area contributed by atoms with Crippen LogP contribution >= 0.6 is 23.4 Å². The summed E-state index contributed by atoms with van der Waals surface area (Å²) in [5, 5.41) is 2.30. The summed E-state index contributed by atoms with van der Waals surface area (Å²) in [7, 11) is 0. The lowest BCUT2D eigenvalue weighted by molar-refractivity contribution is 0.319. The molecule has 0 amide bonds. The molecule has 0 spiro atoms. The summed E-state index contributed by atoms with van der Waals surface area (Å²) < 4.78 is 5.58. The smallest absolute Gasteiger partial charge is 0.160 e. The quantitative estimate of drug-likeness (QED) is 0.776. The molecule has 25 heavy (non-hydrogen) atoms. The average molecular weight is 374 g/mol. The van der Waals surface area contributed by atoms with Crippen molar-refractivity contribution in [2.45, 2.75) is 31.2 Å². The van der Waals surface area contributed by atoms with Crippen molar-refractivity contribution in [1.82, 2.24) is 9.88 Å². The Kier molecular flexibility index (Phi) is 4.61. The highest BCUT2D eigenvalue weighted by atomic mass is 35.5. The van der Waals surface area contributed by atoms with E-state index in [1.807, 2.05) is 55.2 Å². The predicted octanol–water partition coefficient (Wildman–Crippen LogP) is 4.72. The third kappa shape index (κ3) is 3.11. The molecular formula is C19H20ClN3OS. The molecule has 4 rings (SSSR count). The number of hydrogen-bond donors (Lipinski definition) is 0. The Labute approximate surface area is 157 Å². The van der Waals surface area contributed by atoms with Gasteiger partial charge in [-0.25, -0.2) is 0 Å². The second-order valence-corrected chi connectivity index (χ2v) is 8.07. The molecule has 3 heterocycles. The van der Waals surface area contributed by atoms with Crippen molar-refractivity contribution >= 4 is 28.5 Å². The van der Waals surface area contributed by atoms with Gasteiger partial charge in [0.25, 0.3) is 0 Å². The van der Waals surface area contributed by atoms with Gasteiger partial charge in [-0.3, -0.25) is 9.98 Å². The summed E-state index contributed by atoms with van der Waals surface area (Å²) in [6.07, 6.45) is 1.83. The van der Waals surface area contributed by atoms with Crippen LogP contribution in [-0.4, -0.2) is 33.5 Å². The Morgan fingerprint density at radius 2 is 2.20 bits per heavy atom. The monoisotopic (exact) mass is 373 g/mol. The predicted molar refractivity (Wildman–Crippen MR) is 104 cm³/mol. The van der Waals surface area contributed by atoms with Gasteiger partial charge in [-0.1, -0.05) is 42.4 Å². The summed E-state index contributed by atoms with van der Waals surface area (Å²) in [5.74, 6) is 0.727. The number of aliphatic imine (C=N–C) groups is 1. The highest BCUT2D eigenvalue weighted by Gasteiger charge is 2.43. The Hall–Kier alpha value is -1.72. The molecule has 0 bridgehead atoms. The molecule has 1 saturated heterocycles. The number of aromatic nitrogens is 1. The third-order valence-corrected chi connectivity index (χ3v) is 5.88. The molecule has 1 fully saturated rings. The van der Waals surface area contributed by atoms with Crippen molar-refractivity contribution in [3.05, 3.63) is 58.9 Å². The van der Waals surface area contributed by atoms with Gasteiger partial charge in [0.1, 0.15) is 11.8 Å². The Morgan fingerprint density at radius 1 is 1.32 bits per heavy atom. The first-order valence-electron chi connectivity index (χ1n) is 8.51. The van der Waals surface area contributed by atoms with Gasteiger partial charge >= 0.3 is 0 Å². The van der Waals surface area contributed by atoms with Gasteiger partial charge in [0.05, 0.1) is 23.4 Å². The molecule has 2 aliphatic heterocycles. The normalized spacial score (nSPS) is 25.0. The van der Waals surface area contributed by atoms with E-state index < -0.39 is 0 Å². The van der Waals surface area contributed by atoms with Crippen LogP contribution in [0.4, 0.5) is 0 Å². The number of benzene rings is 1. The molecule has 2 aliphatic rings. The number of nitrogens with zero attached hydrogens (tertiary/aromatic N) is 3. The number of ether oxygens (including phenoxy) is 1. The molecule has 4 nitrogen and oxygen atoms in total. The van der Waals surface area contributed by atoms with Crippen LogP contribution in [0, 0.1) is 0 Å². The lowest BCUT2D eigenvalue weighted by Crippen LogP contribution is -2.28. The molecule has 0 aliphatic carbocycles. The molecular weight excluding hydrogens is 354 g/mol. The number of pyridine rings is 1. The summed E-state index contributed by atoms with van der Waals surface area (Å²) in [5.41, 5.74) is 2.14. The number of amidine groups is 1. The largest absolute Gasteiger partial charge is 0.492 e. The minimum Gasteiger partial charge on any atom is -0.492 e. The Bertz CT molecular complexity index is 799. The lowest BCUT2D eigenvalue weighted by atomic mass is 9.96. The van der Waals surface area contributed by atoms with Crippen LogP contribution in [0.25, 0.3) is 0 Å². The maximum Gasteiger partial charge on any atom is 0.160 e. The van der Waals surface area contributed by atoms with Crippen LogP contribution < -0.4 is 4.74 Å². The van der Waals surface area contributed by atoms with Gasteiger partial charge in [-0.15, -0.1) is 0 Å². The minimum atomic E-state index is -0.00906. The van der Waals surface area contributed by atoms with E-state index in [0.717, 1.165) is 28.7 Å². The molecule has 6 heteroatoms. The van der Waals surface area contributed by atoms with Crippen molar-refractivity contribution in [1.29, 1.82) is 0 Å². The number of rotatable bonds is 4. The van der Waals surface area contributed by atoms with E-state index in [1.165, 1.54) is 0 Å². The number of fused-ring (bicyclic) bond motifs is 1. The van der Waals surface area contributed by atoms with E-state index >= 15 is 0 Å². The summed E-state index contributed by atoms with van der Waals surface area (Å²) in [6.45, 7) is 5.79. The highest BCUT2D eigenvalue weighted by Crippen LogP contribution is 2.48. The van der Waals surface area contributed by atoms with E-state index in [4.69, 9.17) is 21.3 Å². The molecule has 0 N–H and O–H groups in total. The molecule has 3 atom stereocenters. The van der Waals surface area contributed by atoms with E-state index in [9.17, 15) is 0 Å². The van der Waals surface area contributed by atoms with Crippen LogP contribution in [0.3, 0.4) is 0 Å². The van der Waals surface area contributed by atoms with Gasteiger partial charge in [-0.2, -0.15) is 0 Å². The molecule has 0 radical (unpaired) electrons. The molecule has 130 valence electrons. The fourth-order valence-corrected chi connectivity index (χ4v) is 4.79. The molecule has 1 aromatic carbocycles. The first-order valence-corrected chi connectivity index (χ1v) is 9.77. The van der Waals surface area contributed by atoms with Crippen LogP contribution in [0.5, 0.6) is 5.75 Å². The third-order valence-electron chi connectivity index (χ3n) is 4.48. The number of thioether (sulfide) groups is 1. The van der Waals surface area contributed by atoms with Crippen molar-refractivity contribution in [2.75, 3.05) is 13.2 Å². The fraction of sp³-hybridized carbons (Fsp3) is 0.368. The van der Waals surface area contributed by atoms with Crippen LogP contribution in [0.15, 0.2) is 47.6 Å². The van der Waals surface area contributed by atoms with E-state index in [0.29, 0.717) is 16.9 Å². The number of hydrogen-bond acceptors (Lipinski definition) is 5. The van der Waals surface area contributed by atoms with Crippen LogP contribution in [0.1, 0.15) is 37.2 Å². The topological polar surface area (TPSA) is 37.7 Å². The summed E-state index contributed by atoms with van der Waals surface area (Å²) in [6, 6.07) is 12.2. The second-order valence-electron chi connectivity index (χ2n) is 6.26. The SMILES string of the molecule is CCOc1ccc([C@@H]2[C@H](c3ccccn3)N=C3S[C@@H](C)CN32)cc1Cl. The average Bonchev–Trinajstić information content (AvgIpc) is 3.13. The van der Waals surface area contributed by atoms with Crippen LogP contribution in [0.2, 0.25) is 5.02 Å². The zero-order valence-electron chi connectivity index (χ0n) is 14.2. The first-order chi connectivity index (χ1) is 12.2. The van der Waals surface area contributed by atoms with Gasteiger partial charge in [0, 0.05) is 18.0 Å². The van der Waals surface area contributed by atoms with Crippen molar-refractivity contribution in [2.24, 2.45) is 4.99 Å². The lowest BCUT2D eigenvalue weighted by Gasteiger charge is -2.27. The Balaban J connectivity index is 1.73. The van der Waals surface area contributed by atoms with Gasteiger partial charge in [0.15, 0.2) is 5.17 Å². The maximum atomic E-state index is 6.45. The maximum absolute atomic E-state index is 6.45. The fourth-order valence-electron chi connectivity index (χ4n) is 3.45. The van der Waals surface area contributed by atoms with Crippen molar-refractivity contribution < 1.29 is 4.74 Å². The molecule has 2 aromatic rings. The minimum absolute atomic E-state index is 0.00906. The van der Waals surface area contributed by atoms with E-state index in [-0.39, 0.29) is 12.1 Å². The van der Waals surface area contributed by atoms with E-state index in [1.54, 1.807) is 0 Å². The molecule has 0 unspecified atom stereocenters. The summed E-state index contributed by atoms with van der Waals surface area (Å²) in [4.78, 5) is 11.9. The van der Waals surface area contributed by atoms with Crippen molar-refractivity contribution in [3.8, 4) is 5.75 Å². The summed E-state index contributed by atoms with van der Waals surface area (Å²) >= 11 is 8.29. The molecule has 0 saturated carbocycles. The Morgan fingerprint density at radius 3 is 2.92 bits per heavy atom. The zero-order chi connectivity index (χ0) is 17.4. The standard InChI is InChI=1S/C19H20ClN3OS/c1-3-24-16-8-7-13(10-14(16)20)18-17(15-6-4-5-9-21-15)22-19-23(18)11-12(2)25-19/h4-10,12,17-18H,3,11H2,1-2H3/t12-,17-,18+/m0/s1. The first kappa shape index (κ1) is 16.7. The zero-order valence-corrected chi connectivity index (χ0v) is 15.8. The highest BCUT2D eigenvalue weighted by molar-refractivity contribution is 8.14. The van der Waals surface area contributed by atoms with Gasteiger partial charge < -0.3 is 9.64 Å².